The second-order valence-corrected chi connectivity index (χ2v) is 8.17. The van der Waals surface area contributed by atoms with Crippen molar-refractivity contribution in [3.63, 3.8) is 0 Å². The quantitative estimate of drug-likeness (QED) is 0.853. The fourth-order valence-corrected chi connectivity index (χ4v) is 3.44. The van der Waals surface area contributed by atoms with Crippen LogP contribution in [0.25, 0.3) is 0 Å². The van der Waals surface area contributed by atoms with Gasteiger partial charge >= 0.3 is 6.09 Å². The van der Waals surface area contributed by atoms with E-state index >= 15 is 0 Å². The van der Waals surface area contributed by atoms with Crippen LogP contribution in [0, 0.1) is 0 Å². The van der Waals surface area contributed by atoms with Gasteiger partial charge in [-0.3, -0.25) is 4.79 Å². The molecule has 0 aliphatic carbocycles. The fourth-order valence-electron chi connectivity index (χ4n) is 3.44. The Morgan fingerprint density at radius 1 is 1.21 bits per heavy atom. The predicted octanol–water partition coefficient (Wildman–Crippen LogP) is 3.73. The first-order valence-corrected chi connectivity index (χ1v) is 9.67. The standard InChI is InChI=1S/C22H28N2O4/c1-22(2,3)28-21(26)23-18(14-16-8-5-4-6-9-16)20(25)24-12-11-17(15-24)19-10-7-13-27-19/h4-10,13,17-18H,11-12,14-15H2,1-3H3,(H,23,26). The van der Waals surface area contributed by atoms with E-state index < -0.39 is 17.7 Å². The van der Waals surface area contributed by atoms with Gasteiger partial charge in [-0.05, 0) is 44.9 Å². The molecule has 1 saturated heterocycles. The zero-order valence-electron chi connectivity index (χ0n) is 16.7. The summed E-state index contributed by atoms with van der Waals surface area (Å²) < 4.78 is 10.9. The van der Waals surface area contributed by atoms with Crippen LogP contribution in [-0.2, 0) is 16.0 Å². The molecule has 1 aromatic carbocycles. The van der Waals surface area contributed by atoms with Crippen LogP contribution in [0.15, 0.2) is 53.1 Å². The molecule has 6 nitrogen and oxygen atoms in total. The SMILES string of the molecule is CC(C)(C)OC(=O)NC(Cc1ccccc1)C(=O)N1CCC(c2ccco2)C1. The first-order valence-electron chi connectivity index (χ1n) is 9.67. The molecule has 0 spiro atoms. The molecule has 28 heavy (non-hydrogen) atoms. The number of ether oxygens (including phenoxy) is 1. The van der Waals surface area contributed by atoms with Crippen LogP contribution in [0.5, 0.6) is 0 Å². The maximum atomic E-state index is 13.2. The molecule has 1 aromatic heterocycles. The molecule has 1 N–H and O–H groups in total. The van der Waals surface area contributed by atoms with Gasteiger partial charge in [0.1, 0.15) is 17.4 Å². The van der Waals surface area contributed by atoms with Crippen molar-refractivity contribution in [2.24, 2.45) is 0 Å². The largest absolute Gasteiger partial charge is 0.469 e. The Labute approximate surface area is 165 Å². The van der Waals surface area contributed by atoms with Crippen LogP contribution in [0.1, 0.15) is 44.4 Å². The highest BCUT2D eigenvalue weighted by molar-refractivity contribution is 5.86. The molecule has 2 amide bonds. The van der Waals surface area contributed by atoms with Crippen molar-refractivity contribution in [1.29, 1.82) is 0 Å². The predicted molar refractivity (Wildman–Crippen MR) is 106 cm³/mol. The number of hydrogen-bond acceptors (Lipinski definition) is 4. The third-order valence-electron chi connectivity index (χ3n) is 4.72. The summed E-state index contributed by atoms with van der Waals surface area (Å²) in [4.78, 5) is 27.3. The average Bonchev–Trinajstić information content (AvgIpc) is 3.31. The van der Waals surface area contributed by atoms with Crippen molar-refractivity contribution in [2.75, 3.05) is 13.1 Å². The molecule has 2 aromatic rings. The summed E-state index contributed by atoms with van der Waals surface area (Å²) in [6.45, 7) is 6.64. The number of rotatable bonds is 5. The smallest absolute Gasteiger partial charge is 0.408 e. The molecular weight excluding hydrogens is 356 g/mol. The molecule has 2 atom stereocenters. The summed E-state index contributed by atoms with van der Waals surface area (Å²) >= 11 is 0. The minimum atomic E-state index is -0.674. The lowest BCUT2D eigenvalue weighted by atomic mass is 10.0. The molecule has 2 heterocycles. The lowest BCUT2D eigenvalue weighted by Crippen LogP contribution is -2.50. The second-order valence-electron chi connectivity index (χ2n) is 8.17. The number of likely N-dealkylation sites (tertiary alicyclic amines) is 1. The monoisotopic (exact) mass is 384 g/mol. The topological polar surface area (TPSA) is 71.8 Å². The Kier molecular flexibility index (Phi) is 6.07. The lowest BCUT2D eigenvalue weighted by molar-refractivity contribution is -0.132. The van der Waals surface area contributed by atoms with Crippen molar-refractivity contribution in [3.05, 3.63) is 60.1 Å². The van der Waals surface area contributed by atoms with Gasteiger partial charge in [0.15, 0.2) is 0 Å². The van der Waals surface area contributed by atoms with E-state index in [1.807, 2.05) is 42.5 Å². The first-order chi connectivity index (χ1) is 13.3. The fraction of sp³-hybridized carbons (Fsp3) is 0.455. The maximum Gasteiger partial charge on any atom is 0.408 e. The first kappa shape index (κ1) is 20.0. The van der Waals surface area contributed by atoms with Gasteiger partial charge in [0, 0.05) is 25.4 Å². The molecule has 1 aliphatic rings. The molecule has 6 heteroatoms. The van der Waals surface area contributed by atoms with Gasteiger partial charge in [-0.1, -0.05) is 30.3 Å². The zero-order chi connectivity index (χ0) is 20.1. The molecular formula is C22H28N2O4. The number of hydrogen-bond donors (Lipinski definition) is 1. The Bertz CT molecular complexity index is 781. The van der Waals surface area contributed by atoms with E-state index in [1.54, 1.807) is 31.9 Å². The number of furan rings is 1. The Morgan fingerprint density at radius 2 is 1.96 bits per heavy atom. The van der Waals surface area contributed by atoms with Crippen LogP contribution in [-0.4, -0.2) is 41.6 Å². The van der Waals surface area contributed by atoms with E-state index in [4.69, 9.17) is 9.15 Å². The van der Waals surface area contributed by atoms with Crippen molar-refractivity contribution in [1.82, 2.24) is 10.2 Å². The zero-order valence-corrected chi connectivity index (χ0v) is 16.7. The van der Waals surface area contributed by atoms with E-state index in [1.165, 1.54) is 0 Å². The summed E-state index contributed by atoms with van der Waals surface area (Å²) in [7, 11) is 0. The number of benzene rings is 1. The van der Waals surface area contributed by atoms with Gasteiger partial charge in [0.2, 0.25) is 5.91 Å². The van der Waals surface area contributed by atoms with E-state index in [9.17, 15) is 9.59 Å². The summed E-state index contributed by atoms with van der Waals surface area (Å²) in [6.07, 6.45) is 2.34. The van der Waals surface area contributed by atoms with Crippen LogP contribution in [0.3, 0.4) is 0 Å². The third-order valence-corrected chi connectivity index (χ3v) is 4.72. The molecule has 1 fully saturated rings. The highest BCUT2D eigenvalue weighted by atomic mass is 16.6. The van der Waals surface area contributed by atoms with E-state index in [-0.39, 0.29) is 11.8 Å². The summed E-state index contributed by atoms with van der Waals surface area (Å²) in [5.74, 6) is 0.997. The number of amides is 2. The molecule has 2 unspecified atom stereocenters. The van der Waals surface area contributed by atoms with Gasteiger partial charge < -0.3 is 19.4 Å². The lowest BCUT2D eigenvalue weighted by Gasteiger charge is -2.26. The van der Waals surface area contributed by atoms with Gasteiger partial charge in [-0.25, -0.2) is 4.79 Å². The van der Waals surface area contributed by atoms with Gasteiger partial charge in [0.05, 0.1) is 6.26 Å². The van der Waals surface area contributed by atoms with Crippen molar-refractivity contribution in [2.45, 2.75) is 51.2 Å². The normalized spacial score (nSPS) is 18.0. The highest BCUT2D eigenvalue weighted by Crippen LogP contribution is 2.28. The van der Waals surface area contributed by atoms with E-state index in [0.29, 0.717) is 19.5 Å². The number of alkyl carbamates (subject to hydrolysis) is 1. The van der Waals surface area contributed by atoms with Crippen LogP contribution < -0.4 is 5.32 Å². The van der Waals surface area contributed by atoms with Crippen LogP contribution in [0.4, 0.5) is 4.79 Å². The Hall–Kier alpha value is -2.76. The minimum Gasteiger partial charge on any atom is -0.469 e. The van der Waals surface area contributed by atoms with Gasteiger partial charge in [-0.15, -0.1) is 0 Å². The number of carbonyl (C=O) groups excluding carboxylic acids is 2. The van der Waals surface area contributed by atoms with Crippen molar-refractivity contribution < 1.29 is 18.7 Å². The van der Waals surface area contributed by atoms with Crippen LogP contribution in [0.2, 0.25) is 0 Å². The summed E-state index contributed by atoms with van der Waals surface area (Å²) in [6, 6.07) is 12.8. The molecule has 0 bridgehead atoms. The maximum absolute atomic E-state index is 13.2. The molecule has 0 radical (unpaired) electrons. The number of nitrogens with one attached hydrogen (secondary N) is 1. The Morgan fingerprint density at radius 3 is 2.61 bits per heavy atom. The molecule has 1 aliphatic heterocycles. The molecule has 150 valence electrons. The van der Waals surface area contributed by atoms with E-state index in [0.717, 1.165) is 17.7 Å². The molecule has 0 saturated carbocycles. The van der Waals surface area contributed by atoms with E-state index in [2.05, 4.69) is 5.32 Å². The highest BCUT2D eigenvalue weighted by Gasteiger charge is 2.34. The third kappa shape index (κ3) is 5.38. The summed E-state index contributed by atoms with van der Waals surface area (Å²) in [5, 5.41) is 2.77. The molecule has 3 rings (SSSR count). The minimum absolute atomic E-state index is 0.0937. The summed E-state index contributed by atoms with van der Waals surface area (Å²) in [5.41, 5.74) is 0.362. The Balaban J connectivity index is 1.70. The van der Waals surface area contributed by atoms with Crippen molar-refractivity contribution in [3.8, 4) is 0 Å². The average molecular weight is 384 g/mol. The number of nitrogens with zero attached hydrogens (tertiary/aromatic N) is 1. The number of carbonyl (C=O) groups is 2. The van der Waals surface area contributed by atoms with Gasteiger partial charge in [-0.2, -0.15) is 0 Å². The van der Waals surface area contributed by atoms with Crippen molar-refractivity contribution >= 4 is 12.0 Å². The van der Waals surface area contributed by atoms with Crippen LogP contribution >= 0.6 is 0 Å². The second kappa shape index (κ2) is 8.50. The van der Waals surface area contributed by atoms with Gasteiger partial charge in [0.25, 0.3) is 0 Å².